The Bertz CT molecular complexity index is 466. The summed E-state index contributed by atoms with van der Waals surface area (Å²) in [6.07, 6.45) is 7.07. The van der Waals surface area contributed by atoms with Gasteiger partial charge in [0.1, 0.15) is 0 Å². The molecule has 4 heteroatoms. The maximum atomic E-state index is 11.8. The molecule has 2 atom stereocenters. The molecule has 0 spiro atoms. The van der Waals surface area contributed by atoms with Crippen molar-refractivity contribution in [2.24, 2.45) is 5.92 Å². The molecule has 2 aliphatic carbocycles. The van der Waals surface area contributed by atoms with Crippen LogP contribution in [0.2, 0.25) is 0 Å². The summed E-state index contributed by atoms with van der Waals surface area (Å²) in [7, 11) is 0. The second kappa shape index (κ2) is 3.61. The zero-order valence-corrected chi connectivity index (χ0v) is 9.33. The molecule has 1 heterocycles. The second-order valence-electron chi connectivity index (χ2n) is 5.00. The van der Waals surface area contributed by atoms with E-state index >= 15 is 0 Å². The molecule has 0 aliphatic heterocycles. The van der Waals surface area contributed by atoms with Crippen molar-refractivity contribution in [1.29, 1.82) is 0 Å². The Kier molecular flexibility index (Phi) is 2.23. The van der Waals surface area contributed by atoms with Crippen LogP contribution in [-0.2, 0) is 6.42 Å². The van der Waals surface area contributed by atoms with Crippen LogP contribution in [0.3, 0.4) is 0 Å². The molecule has 2 unspecified atom stereocenters. The minimum absolute atomic E-state index is 0.0217. The van der Waals surface area contributed by atoms with Crippen molar-refractivity contribution in [3.8, 4) is 0 Å². The number of nitrogens with one attached hydrogen (secondary N) is 1. The minimum atomic E-state index is -0.0217. The van der Waals surface area contributed by atoms with Gasteiger partial charge in [0.15, 0.2) is 0 Å². The van der Waals surface area contributed by atoms with Crippen LogP contribution in [0.5, 0.6) is 0 Å². The van der Waals surface area contributed by atoms with Gasteiger partial charge in [-0.2, -0.15) is 0 Å². The summed E-state index contributed by atoms with van der Waals surface area (Å²) in [5.41, 5.74) is 7.50. The molecule has 1 fully saturated rings. The molecule has 4 nitrogen and oxygen atoms in total. The molecule has 0 saturated heterocycles. The van der Waals surface area contributed by atoms with E-state index in [4.69, 9.17) is 5.73 Å². The average molecular weight is 219 g/mol. The van der Waals surface area contributed by atoms with Gasteiger partial charge in [0, 0.05) is 11.5 Å². The molecule has 3 rings (SSSR count). The zero-order chi connectivity index (χ0) is 11.1. The summed E-state index contributed by atoms with van der Waals surface area (Å²) >= 11 is 0. The maximum absolute atomic E-state index is 11.8. The van der Waals surface area contributed by atoms with E-state index in [1.54, 1.807) is 0 Å². The molecular formula is C12H17N3O. The molecule has 1 saturated carbocycles. The lowest BCUT2D eigenvalue weighted by Gasteiger charge is -2.35. The van der Waals surface area contributed by atoms with Crippen molar-refractivity contribution < 1.29 is 0 Å². The number of nitrogens with two attached hydrogens (primary N) is 1. The first kappa shape index (κ1) is 9.87. The van der Waals surface area contributed by atoms with E-state index in [1.807, 2.05) is 0 Å². The molecule has 0 amide bonds. The van der Waals surface area contributed by atoms with Crippen LogP contribution in [0.4, 0.5) is 5.95 Å². The van der Waals surface area contributed by atoms with E-state index in [1.165, 1.54) is 25.7 Å². The predicted molar refractivity (Wildman–Crippen MR) is 62.3 cm³/mol. The Balaban J connectivity index is 2.10. The highest BCUT2D eigenvalue weighted by molar-refractivity contribution is 5.31. The lowest BCUT2D eigenvalue weighted by Crippen LogP contribution is -2.31. The summed E-state index contributed by atoms with van der Waals surface area (Å²) in [5.74, 6) is 1.49. The van der Waals surface area contributed by atoms with Gasteiger partial charge < -0.3 is 5.73 Å². The fourth-order valence-corrected chi connectivity index (χ4v) is 3.32. The highest BCUT2D eigenvalue weighted by atomic mass is 16.1. The van der Waals surface area contributed by atoms with E-state index in [0.717, 1.165) is 30.0 Å². The molecule has 0 aromatic carbocycles. The van der Waals surface area contributed by atoms with Crippen LogP contribution in [0, 0.1) is 5.92 Å². The van der Waals surface area contributed by atoms with Crippen LogP contribution < -0.4 is 11.3 Å². The zero-order valence-electron chi connectivity index (χ0n) is 9.33. The Labute approximate surface area is 94.3 Å². The van der Waals surface area contributed by atoms with E-state index in [0.29, 0.717) is 5.92 Å². The molecule has 3 N–H and O–H groups in total. The van der Waals surface area contributed by atoms with Gasteiger partial charge in [-0.15, -0.1) is 0 Å². The van der Waals surface area contributed by atoms with Crippen molar-refractivity contribution in [1.82, 2.24) is 9.97 Å². The third-order valence-electron chi connectivity index (χ3n) is 4.09. The maximum Gasteiger partial charge on any atom is 0.255 e. The second-order valence-corrected chi connectivity index (χ2v) is 5.00. The van der Waals surface area contributed by atoms with Gasteiger partial charge in [-0.05, 0) is 31.6 Å². The molecule has 0 bridgehead atoms. The van der Waals surface area contributed by atoms with Crippen molar-refractivity contribution in [2.75, 3.05) is 5.73 Å². The lowest BCUT2D eigenvalue weighted by atomic mass is 9.70. The van der Waals surface area contributed by atoms with Crippen molar-refractivity contribution >= 4 is 5.95 Å². The lowest BCUT2D eigenvalue weighted by molar-refractivity contribution is 0.269. The first-order valence-corrected chi connectivity index (χ1v) is 6.14. The predicted octanol–water partition coefficient (Wildman–Crippen LogP) is 1.57. The number of nitrogens with zero attached hydrogens (tertiary/aromatic N) is 1. The Morgan fingerprint density at radius 3 is 2.94 bits per heavy atom. The smallest absolute Gasteiger partial charge is 0.255 e. The van der Waals surface area contributed by atoms with Gasteiger partial charge in [-0.3, -0.25) is 9.78 Å². The van der Waals surface area contributed by atoms with Crippen LogP contribution >= 0.6 is 0 Å². The monoisotopic (exact) mass is 219 g/mol. The molecule has 16 heavy (non-hydrogen) atoms. The molecule has 1 aromatic rings. The molecule has 0 radical (unpaired) electrons. The average Bonchev–Trinajstić information content (AvgIpc) is 2.28. The van der Waals surface area contributed by atoms with Crippen molar-refractivity contribution in [3.63, 3.8) is 0 Å². The Morgan fingerprint density at radius 2 is 2.06 bits per heavy atom. The number of hydrogen-bond acceptors (Lipinski definition) is 3. The van der Waals surface area contributed by atoms with Crippen molar-refractivity contribution in [2.45, 2.75) is 44.4 Å². The van der Waals surface area contributed by atoms with Crippen LogP contribution in [0.25, 0.3) is 0 Å². The summed E-state index contributed by atoms with van der Waals surface area (Å²) in [5, 5.41) is 0. The Morgan fingerprint density at radius 1 is 1.25 bits per heavy atom. The van der Waals surface area contributed by atoms with E-state index in [2.05, 4.69) is 9.97 Å². The largest absolute Gasteiger partial charge is 0.369 e. The summed E-state index contributed by atoms with van der Waals surface area (Å²) in [6, 6.07) is 0. The van der Waals surface area contributed by atoms with Gasteiger partial charge in [-0.25, -0.2) is 4.98 Å². The van der Waals surface area contributed by atoms with Crippen LogP contribution in [-0.4, -0.2) is 9.97 Å². The van der Waals surface area contributed by atoms with E-state index < -0.39 is 0 Å². The van der Waals surface area contributed by atoms with Gasteiger partial charge in [-0.1, -0.05) is 12.8 Å². The standard InChI is InChI=1S/C12H17N3O/c13-12-14-10-8-4-2-1-3-7(8)5-6-9(10)11(16)15-12/h7-8H,1-6H2,(H3,13,14,15,16). The van der Waals surface area contributed by atoms with Crippen LogP contribution in [0.1, 0.15) is 49.3 Å². The molecule has 2 aliphatic rings. The molecule has 1 aromatic heterocycles. The topological polar surface area (TPSA) is 71.8 Å². The number of fused-ring (bicyclic) bond motifs is 3. The van der Waals surface area contributed by atoms with Crippen LogP contribution in [0.15, 0.2) is 4.79 Å². The molecular weight excluding hydrogens is 202 g/mol. The summed E-state index contributed by atoms with van der Waals surface area (Å²) < 4.78 is 0. The minimum Gasteiger partial charge on any atom is -0.369 e. The van der Waals surface area contributed by atoms with E-state index in [9.17, 15) is 4.79 Å². The normalized spacial score (nSPS) is 28.2. The first-order chi connectivity index (χ1) is 7.75. The number of aromatic amines is 1. The Hall–Kier alpha value is -1.32. The summed E-state index contributed by atoms with van der Waals surface area (Å²) in [4.78, 5) is 18.8. The molecule has 86 valence electrons. The number of nitrogen functional groups attached to an aromatic ring is 1. The number of anilines is 1. The van der Waals surface area contributed by atoms with Gasteiger partial charge >= 0.3 is 0 Å². The van der Waals surface area contributed by atoms with Gasteiger partial charge in [0.25, 0.3) is 5.56 Å². The SMILES string of the molecule is Nc1nc2c(c(=O)[nH]1)CCC1CCCCC21. The first-order valence-electron chi connectivity index (χ1n) is 6.14. The van der Waals surface area contributed by atoms with Gasteiger partial charge in [0.2, 0.25) is 5.95 Å². The fraction of sp³-hybridized carbons (Fsp3) is 0.667. The number of H-pyrrole nitrogens is 1. The highest BCUT2D eigenvalue weighted by Gasteiger charge is 2.34. The quantitative estimate of drug-likeness (QED) is 0.695. The number of rotatable bonds is 0. The third kappa shape index (κ3) is 1.44. The van der Waals surface area contributed by atoms with Gasteiger partial charge in [0.05, 0.1) is 5.69 Å². The van der Waals surface area contributed by atoms with Crippen molar-refractivity contribution in [3.05, 3.63) is 21.6 Å². The third-order valence-corrected chi connectivity index (χ3v) is 4.09. The number of aromatic nitrogens is 2. The number of hydrogen-bond donors (Lipinski definition) is 2. The highest BCUT2D eigenvalue weighted by Crippen LogP contribution is 2.43. The fourth-order valence-electron chi connectivity index (χ4n) is 3.32. The summed E-state index contributed by atoms with van der Waals surface area (Å²) in [6.45, 7) is 0. The van der Waals surface area contributed by atoms with E-state index in [-0.39, 0.29) is 11.5 Å².